The van der Waals surface area contributed by atoms with Crippen molar-refractivity contribution in [2.75, 3.05) is 4.90 Å². The second-order valence-corrected chi connectivity index (χ2v) is 18.7. The second kappa shape index (κ2) is 16.0. The van der Waals surface area contributed by atoms with E-state index in [0.29, 0.717) is 0 Å². The van der Waals surface area contributed by atoms with E-state index in [9.17, 15) is 0 Å². The Kier molecular flexibility index (Phi) is 8.92. The van der Waals surface area contributed by atoms with Gasteiger partial charge in [0.1, 0.15) is 22.3 Å². The smallest absolute Gasteiger partial charge is 0.145 e. The van der Waals surface area contributed by atoms with Gasteiger partial charge in [0, 0.05) is 43.7 Å². The summed E-state index contributed by atoms with van der Waals surface area (Å²) in [4.78, 5) is 2.42. The summed E-state index contributed by atoms with van der Waals surface area (Å²) in [6.45, 7) is 0. The van der Waals surface area contributed by atoms with Gasteiger partial charge in [-0.2, -0.15) is 0 Å². The van der Waals surface area contributed by atoms with Crippen LogP contribution in [-0.2, 0) is 0 Å². The maximum atomic E-state index is 7.19. The molecule has 15 rings (SSSR count). The number of furan rings is 2. The van der Waals surface area contributed by atoms with E-state index >= 15 is 0 Å². The Morgan fingerprint density at radius 2 is 0.861 bits per heavy atom. The third-order valence-electron chi connectivity index (χ3n) is 14.8. The highest BCUT2D eigenvalue weighted by molar-refractivity contribution is 6.24. The summed E-state index contributed by atoms with van der Waals surface area (Å²) < 4.78 is 16.5. The van der Waals surface area contributed by atoms with Gasteiger partial charge in [-0.15, -0.1) is 0 Å². The largest absolute Gasteiger partial charge is 0.455 e. The van der Waals surface area contributed by atoms with E-state index in [1.807, 2.05) is 0 Å². The molecule has 0 atom stereocenters. The molecule has 336 valence electrons. The first-order valence-electron chi connectivity index (χ1n) is 24.6. The minimum Gasteiger partial charge on any atom is -0.455 e. The highest BCUT2D eigenvalue weighted by atomic mass is 16.3. The minimum absolute atomic E-state index is 0.829. The quantitative estimate of drug-likeness (QED) is 0.160. The topological polar surface area (TPSA) is 34.5 Å². The molecular formula is C68H42N2O2. The molecule has 4 nitrogen and oxygen atoms in total. The van der Waals surface area contributed by atoms with Gasteiger partial charge in [-0.3, -0.25) is 0 Å². The van der Waals surface area contributed by atoms with Crippen LogP contribution >= 0.6 is 0 Å². The van der Waals surface area contributed by atoms with Crippen LogP contribution in [0.15, 0.2) is 264 Å². The molecule has 0 amide bonds. The molecule has 0 saturated heterocycles. The van der Waals surface area contributed by atoms with Crippen molar-refractivity contribution in [2.45, 2.75) is 0 Å². The van der Waals surface area contributed by atoms with Gasteiger partial charge in [-0.1, -0.05) is 182 Å². The lowest BCUT2D eigenvalue weighted by Crippen LogP contribution is -2.11. The van der Waals surface area contributed by atoms with Gasteiger partial charge < -0.3 is 18.3 Å². The first-order valence-corrected chi connectivity index (χ1v) is 24.6. The molecule has 0 radical (unpaired) electrons. The highest BCUT2D eigenvalue weighted by Gasteiger charge is 2.27. The van der Waals surface area contributed by atoms with Crippen molar-refractivity contribution in [1.29, 1.82) is 0 Å². The Morgan fingerprint density at radius 3 is 1.61 bits per heavy atom. The second-order valence-electron chi connectivity index (χ2n) is 18.7. The van der Waals surface area contributed by atoms with Crippen LogP contribution in [0.5, 0.6) is 0 Å². The fourth-order valence-electron chi connectivity index (χ4n) is 11.5. The van der Waals surface area contributed by atoms with Crippen molar-refractivity contribution >= 4 is 104 Å². The van der Waals surface area contributed by atoms with Crippen LogP contribution in [0.3, 0.4) is 0 Å². The molecule has 0 saturated carbocycles. The van der Waals surface area contributed by atoms with Gasteiger partial charge in [-0.25, -0.2) is 0 Å². The summed E-state index contributed by atoms with van der Waals surface area (Å²) in [5.41, 5.74) is 16.4. The van der Waals surface area contributed by atoms with Gasteiger partial charge in [0.2, 0.25) is 0 Å². The summed E-state index contributed by atoms with van der Waals surface area (Å²) in [5, 5.41) is 11.4. The number of hydrogen-bond donors (Lipinski definition) is 0. The molecule has 0 spiro atoms. The van der Waals surface area contributed by atoms with Crippen LogP contribution in [0.4, 0.5) is 17.1 Å². The van der Waals surface area contributed by atoms with Crippen LogP contribution in [-0.4, -0.2) is 4.57 Å². The van der Waals surface area contributed by atoms with Crippen LogP contribution in [0, 0.1) is 0 Å². The normalized spacial score (nSPS) is 11.9. The molecule has 0 bridgehead atoms. The summed E-state index contributed by atoms with van der Waals surface area (Å²) >= 11 is 0. The number of anilines is 3. The first kappa shape index (κ1) is 40.3. The van der Waals surface area contributed by atoms with Gasteiger partial charge in [0.05, 0.1) is 38.9 Å². The lowest BCUT2D eigenvalue weighted by atomic mass is 9.95. The number of aromatic nitrogens is 1. The van der Waals surface area contributed by atoms with Crippen molar-refractivity contribution in [3.05, 3.63) is 255 Å². The van der Waals surface area contributed by atoms with Crippen molar-refractivity contribution in [3.8, 4) is 39.1 Å². The van der Waals surface area contributed by atoms with E-state index in [0.717, 1.165) is 105 Å². The molecule has 12 aromatic carbocycles. The average molecular weight is 919 g/mol. The maximum Gasteiger partial charge on any atom is 0.145 e. The molecule has 72 heavy (non-hydrogen) atoms. The molecule has 15 aromatic rings. The molecule has 0 unspecified atom stereocenters. The van der Waals surface area contributed by atoms with Crippen LogP contribution in [0.1, 0.15) is 0 Å². The fourth-order valence-corrected chi connectivity index (χ4v) is 11.5. The Bertz CT molecular complexity index is 4630. The van der Waals surface area contributed by atoms with Crippen LogP contribution < -0.4 is 4.90 Å². The first-order chi connectivity index (χ1) is 35.7. The molecule has 0 aliphatic heterocycles. The summed E-state index contributed by atoms with van der Waals surface area (Å²) in [5.74, 6) is 0. The Hall–Kier alpha value is -9.64. The molecule has 0 N–H and O–H groups in total. The van der Waals surface area contributed by atoms with E-state index in [-0.39, 0.29) is 0 Å². The lowest BCUT2D eigenvalue weighted by Gasteiger charge is -2.28. The standard InChI is InChI=1S/C68H42N2O2/c1-2-17-46(18-3-1)51-38-40-60(65-55-24-9-12-30-62(55)71-67(51)65)69(49-36-34-44(35-37-49)48-33-32-43-16-4-5-20-47(43)42-48)61-41-39-53(68-66(61)56-25-10-13-31-63(56)72-68)52-26-15-29-59-64(52)54-23-8-11-27-58(54)70(59)57-28-14-21-45-19-6-7-22-50(45)57/h1-42H. The summed E-state index contributed by atoms with van der Waals surface area (Å²) in [6.07, 6.45) is 0. The molecule has 0 aliphatic rings. The predicted molar refractivity (Wildman–Crippen MR) is 301 cm³/mol. The lowest BCUT2D eigenvalue weighted by molar-refractivity contribution is 0.670. The van der Waals surface area contributed by atoms with Crippen LogP contribution in [0.2, 0.25) is 0 Å². The van der Waals surface area contributed by atoms with E-state index in [4.69, 9.17) is 8.83 Å². The Balaban J connectivity index is 1.00. The van der Waals surface area contributed by atoms with E-state index in [1.165, 1.54) is 37.9 Å². The monoisotopic (exact) mass is 918 g/mol. The number of hydrogen-bond acceptors (Lipinski definition) is 3. The fraction of sp³-hybridized carbons (Fsp3) is 0. The third-order valence-corrected chi connectivity index (χ3v) is 14.8. The van der Waals surface area contributed by atoms with Crippen molar-refractivity contribution in [1.82, 2.24) is 4.57 Å². The van der Waals surface area contributed by atoms with Crippen LogP contribution in [0.25, 0.3) is 126 Å². The number of nitrogens with zero attached hydrogens (tertiary/aromatic N) is 2. The maximum absolute atomic E-state index is 7.19. The number of fused-ring (bicyclic) bond motifs is 11. The van der Waals surface area contributed by atoms with E-state index in [2.05, 4.69) is 264 Å². The van der Waals surface area contributed by atoms with E-state index < -0.39 is 0 Å². The number of para-hydroxylation sites is 3. The van der Waals surface area contributed by atoms with E-state index in [1.54, 1.807) is 0 Å². The zero-order valence-electron chi connectivity index (χ0n) is 39.0. The Labute approximate surface area is 414 Å². The molecule has 4 heteroatoms. The SMILES string of the molecule is c1ccc(-c2ccc(N(c3ccc(-c4ccc5ccccc5c4)cc3)c3ccc(-c4cccc5c4c4ccccc4n5-c4cccc5ccccc45)c4oc5ccccc5c34)c3c2oc2ccccc23)cc1. The number of benzene rings is 12. The van der Waals surface area contributed by atoms with Crippen molar-refractivity contribution < 1.29 is 8.83 Å². The predicted octanol–water partition coefficient (Wildman–Crippen LogP) is 19.4. The Morgan fingerprint density at radius 1 is 0.306 bits per heavy atom. The molecule has 3 heterocycles. The summed E-state index contributed by atoms with van der Waals surface area (Å²) in [6, 6.07) is 91.6. The van der Waals surface area contributed by atoms with Gasteiger partial charge in [0.15, 0.2) is 0 Å². The van der Waals surface area contributed by atoms with Crippen molar-refractivity contribution in [2.24, 2.45) is 0 Å². The zero-order chi connectivity index (χ0) is 47.3. The third kappa shape index (κ3) is 6.12. The molecule has 0 fully saturated rings. The van der Waals surface area contributed by atoms with Gasteiger partial charge in [0.25, 0.3) is 0 Å². The van der Waals surface area contributed by atoms with Gasteiger partial charge in [-0.05, 0) is 111 Å². The van der Waals surface area contributed by atoms with Gasteiger partial charge >= 0.3 is 0 Å². The summed E-state index contributed by atoms with van der Waals surface area (Å²) in [7, 11) is 0. The zero-order valence-corrected chi connectivity index (χ0v) is 39.0. The molecule has 3 aromatic heterocycles. The average Bonchev–Trinajstić information content (AvgIpc) is 4.14. The van der Waals surface area contributed by atoms with Crippen molar-refractivity contribution in [3.63, 3.8) is 0 Å². The minimum atomic E-state index is 0.829. The highest BCUT2D eigenvalue weighted by Crippen LogP contribution is 2.51. The molecular weight excluding hydrogens is 877 g/mol. The molecule has 0 aliphatic carbocycles. The number of rotatable bonds is 7.